The second-order valence-corrected chi connectivity index (χ2v) is 5.43. The van der Waals surface area contributed by atoms with Crippen LogP contribution in [0.2, 0.25) is 0 Å². The van der Waals surface area contributed by atoms with Gasteiger partial charge in [0.25, 0.3) is 11.6 Å². The highest BCUT2D eigenvalue weighted by atomic mass is 16.6. The highest BCUT2D eigenvalue weighted by Gasteiger charge is 2.18. The van der Waals surface area contributed by atoms with Crippen molar-refractivity contribution in [3.05, 3.63) is 63.7 Å². The van der Waals surface area contributed by atoms with Gasteiger partial charge < -0.3 is 10.1 Å². The summed E-state index contributed by atoms with van der Waals surface area (Å²) in [5.74, 6) is -0.134. The highest BCUT2D eigenvalue weighted by molar-refractivity contribution is 6.06. The van der Waals surface area contributed by atoms with Crippen LogP contribution < -0.4 is 10.1 Å². The van der Waals surface area contributed by atoms with Crippen LogP contribution in [0.4, 0.5) is 11.4 Å². The van der Waals surface area contributed by atoms with Gasteiger partial charge in [0.15, 0.2) is 0 Å². The molecule has 0 aliphatic carbocycles. The Balaban J connectivity index is 2.35. The molecule has 6 heteroatoms. The molecule has 0 aromatic heterocycles. The van der Waals surface area contributed by atoms with E-state index in [1.54, 1.807) is 6.07 Å². The Hall–Kier alpha value is -2.89. The summed E-state index contributed by atoms with van der Waals surface area (Å²) >= 11 is 0. The number of nitro benzene ring substituents is 1. The molecular formula is C17H18N2O4. The summed E-state index contributed by atoms with van der Waals surface area (Å²) in [4.78, 5) is 22.9. The Kier molecular flexibility index (Phi) is 4.95. The Morgan fingerprint density at radius 2 is 1.96 bits per heavy atom. The number of rotatable bonds is 5. The maximum atomic E-state index is 12.5. The molecule has 0 spiro atoms. The topological polar surface area (TPSA) is 81.5 Å². The zero-order chi connectivity index (χ0) is 17.0. The van der Waals surface area contributed by atoms with Crippen molar-refractivity contribution in [2.75, 3.05) is 5.32 Å². The summed E-state index contributed by atoms with van der Waals surface area (Å²) in [6.45, 7) is 5.56. The number of aryl methyl sites for hydroxylation is 1. The molecule has 0 unspecified atom stereocenters. The number of hydrogen-bond donors (Lipinski definition) is 1. The second kappa shape index (κ2) is 6.91. The molecule has 1 N–H and O–H groups in total. The number of amides is 1. The van der Waals surface area contributed by atoms with E-state index in [0.29, 0.717) is 11.4 Å². The first-order valence-electron chi connectivity index (χ1n) is 7.20. The number of non-ortho nitro benzene ring substituents is 1. The van der Waals surface area contributed by atoms with Gasteiger partial charge in [-0.1, -0.05) is 12.1 Å². The van der Waals surface area contributed by atoms with E-state index < -0.39 is 10.8 Å². The quantitative estimate of drug-likeness (QED) is 0.669. The number of benzene rings is 2. The van der Waals surface area contributed by atoms with E-state index in [9.17, 15) is 14.9 Å². The van der Waals surface area contributed by atoms with Gasteiger partial charge >= 0.3 is 0 Å². The highest BCUT2D eigenvalue weighted by Crippen LogP contribution is 2.26. The Labute approximate surface area is 134 Å². The van der Waals surface area contributed by atoms with Gasteiger partial charge in [-0.3, -0.25) is 14.9 Å². The zero-order valence-electron chi connectivity index (χ0n) is 13.2. The third-order valence-corrected chi connectivity index (χ3v) is 3.06. The standard InChI is InChI=1S/C17H18N2O4/c1-11(2)23-16-8-7-14(19(21)22)10-15(16)17(20)18-13-6-4-5-12(3)9-13/h4-11H,1-3H3,(H,18,20). The molecule has 1 amide bonds. The van der Waals surface area contributed by atoms with Crippen molar-refractivity contribution in [2.24, 2.45) is 0 Å². The van der Waals surface area contributed by atoms with Crippen LogP contribution >= 0.6 is 0 Å². The van der Waals surface area contributed by atoms with Crippen molar-refractivity contribution in [1.82, 2.24) is 0 Å². The summed E-state index contributed by atoms with van der Waals surface area (Å²) in [6.07, 6.45) is -0.151. The van der Waals surface area contributed by atoms with E-state index in [2.05, 4.69) is 5.32 Å². The average Bonchev–Trinajstić information content (AvgIpc) is 2.46. The van der Waals surface area contributed by atoms with Crippen LogP contribution in [0.15, 0.2) is 42.5 Å². The molecule has 6 nitrogen and oxygen atoms in total. The van der Waals surface area contributed by atoms with Crippen LogP contribution in [0, 0.1) is 17.0 Å². The molecule has 2 aromatic rings. The zero-order valence-corrected chi connectivity index (χ0v) is 13.2. The van der Waals surface area contributed by atoms with Gasteiger partial charge in [-0.2, -0.15) is 0 Å². The van der Waals surface area contributed by atoms with E-state index in [1.165, 1.54) is 18.2 Å². The predicted octanol–water partition coefficient (Wildman–Crippen LogP) is 3.94. The lowest BCUT2D eigenvalue weighted by Gasteiger charge is -2.14. The van der Waals surface area contributed by atoms with Crippen molar-refractivity contribution in [1.29, 1.82) is 0 Å². The maximum absolute atomic E-state index is 12.5. The molecule has 0 bridgehead atoms. The van der Waals surface area contributed by atoms with Crippen molar-refractivity contribution in [3.63, 3.8) is 0 Å². The van der Waals surface area contributed by atoms with Gasteiger partial charge in [0.2, 0.25) is 0 Å². The van der Waals surface area contributed by atoms with Gasteiger partial charge in [-0.25, -0.2) is 0 Å². The van der Waals surface area contributed by atoms with Crippen LogP contribution in [-0.4, -0.2) is 16.9 Å². The molecule has 0 aliphatic rings. The number of carbonyl (C=O) groups excluding carboxylic acids is 1. The van der Waals surface area contributed by atoms with E-state index in [1.807, 2.05) is 39.0 Å². The number of nitro groups is 1. The minimum atomic E-state index is -0.539. The molecule has 120 valence electrons. The summed E-state index contributed by atoms with van der Waals surface area (Å²) in [5.41, 5.74) is 1.60. The maximum Gasteiger partial charge on any atom is 0.270 e. The lowest BCUT2D eigenvalue weighted by Crippen LogP contribution is -2.16. The first kappa shape index (κ1) is 16.5. The number of hydrogen-bond acceptors (Lipinski definition) is 4. The minimum Gasteiger partial charge on any atom is -0.490 e. The summed E-state index contributed by atoms with van der Waals surface area (Å²) in [6, 6.07) is 11.3. The third-order valence-electron chi connectivity index (χ3n) is 3.06. The van der Waals surface area contributed by atoms with Gasteiger partial charge in [0, 0.05) is 17.8 Å². The number of nitrogens with one attached hydrogen (secondary N) is 1. The van der Waals surface area contributed by atoms with Crippen LogP contribution in [0.5, 0.6) is 5.75 Å². The van der Waals surface area contributed by atoms with E-state index in [4.69, 9.17) is 4.74 Å². The lowest BCUT2D eigenvalue weighted by atomic mass is 10.1. The first-order valence-corrected chi connectivity index (χ1v) is 7.20. The van der Waals surface area contributed by atoms with Crippen molar-refractivity contribution >= 4 is 17.3 Å². The molecule has 0 saturated heterocycles. The third kappa shape index (κ3) is 4.29. The molecule has 0 radical (unpaired) electrons. The van der Waals surface area contributed by atoms with Crippen molar-refractivity contribution in [3.8, 4) is 5.75 Å². The minimum absolute atomic E-state index is 0.134. The normalized spacial score (nSPS) is 10.4. The molecular weight excluding hydrogens is 296 g/mol. The SMILES string of the molecule is Cc1cccc(NC(=O)c2cc([N+](=O)[O-])ccc2OC(C)C)c1. The molecule has 23 heavy (non-hydrogen) atoms. The Morgan fingerprint density at radius 3 is 2.57 bits per heavy atom. The summed E-state index contributed by atoms with van der Waals surface area (Å²) in [5, 5.41) is 13.7. The van der Waals surface area contributed by atoms with Crippen molar-refractivity contribution < 1.29 is 14.5 Å². The molecule has 0 aliphatic heterocycles. The van der Waals surface area contributed by atoms with Crippen LogP contribution in [0.1, 0.15) is 29.8 Å². The van der Waals surface area contributed by atoms with Crippen LogP contribution in [0.3, 0.4) is 0 Å². The molecule has 0 saturated carbocycles. The summed E-state index contributed by atoms with van der Waals surface area (Å²) in [7, 11) is 0. The number of ether oxygens (including phenoxy) is 1. The fourth-order valence-corrected chi connectivity index (χ4v) is 2.09. The summed E-state index contributed by atoms with van der Waals surface area (Å²) < 4.78 is 5.58. The Bertz CT molecular complexity index is 741. The second-order valence-electron chi connectivity index (χ2n) is 5.43. The molecule has 0 fully saturated rings. The van der Waals surface area contributed by atoms with E-state index in [0.717, 1.165) is 5.56 Å². The first-order chi connectivity index (χ1) is 10.9. The van der Waals surface area contributed by atoms with Crippen LogP contribution in [0.25, 0.3) is 0 Å². The number of nitrogens with zero attached hydrogens (tertiary/aromatic N) is 1. The van der Waals surface area contributed by atoms with Gasteiger partial charge in [0.1, 0.15) is 5.75 Å². The largest absolute Gasteiger partial charge is 0.490 e. The fraction of sp³-hybridized carbons (Fsp3) is 0.235. The van der Waals surface area contributed by atoms with Gasteiger partial charge in [-0.05, 0) is 44.5 Å². The number of anilines is 1. The van der Waals surface area contributed by atoms with Crippen LogP contribution in [-0.2, 0) is 0 Å². The Morgan fingerprint density at radius 1 is 1.22 bits per heavy atom. The molecule has 0 atom stereocenters. The van der Waals surface area contributed by atoms with Gasteiger partial charge in [0.05, 0.1) is 16.6 Å². The average molecular weight is 314 g/mol. The molecule has 0 heterocycles. The van der Waals surface area contributed by atoms with E-state index in [-0.39, 0.29) is 17.4 Å². The molecule has 2 aromatic carbocycles. The fourth-order valence-electron chi connectivity index (χ4n) is 2.09. The smallest absolute Gasteiger partial charge is 0.270 e. The van der Waals surface area contributed by atoms with E-state index >= 15 is 0 Å². The van der Waals surface area contributed by atoms with Gasteiger partial charge in [-0.15, -0.1) is 0 Å². The predicted molar refractivity (Wildman–Crippen MR) is 88.0 cm³/mol. The monoisotopic (exact) mass is 314 g/mol. The van der Waals surface area contributed by atoms with Crippen molar-refractivity contribution in [2.45, 2.75) is 26.9 Å². The lowest BCUT2D eigenvalue weighted by molar-refractivity contribution is -0.384. The molecule has 2 rings (SSSR count). The number of carbonyl (C=O) groups is 1.